The number of hydrogen-bond acceptors (Lipinski definition) is 3. The molecule has 2 rings (SSSR count). The molecule has 0 saturated heterocycles. The van der Waals surface area contributed by atoms with Gasteiger partial charge in [0.15, 0.2) is 11.5 Å². The fourth-order valence-electron chi connectivity index (χ4n) is 0.884. The maximum atomic E-state index is 12.1. The molecule has 0 spiro atoms. The summed E-state index contributed by atoms with van der Waals surface area (Å²) >= 11 is 0. The Morgan fingerprint density at radius 2 is 2.25 bits per heavy atom. The van der Waals surface area contributed by atoms with Crippen molar-refractivity contribution < 1.29 is 8.78 Å². The van der Waals surface area contributed by atoms with Crippen LogP contribution in [0.1, 0.15) is 12.2 Å². The Kier molecular flexibility index (Phi) is 1.46. The van der Waals surface area contributed by atoms with E-state index in [9.17, 15) is 8.78 Å². The predicted molar refractivity (Wildman–Crippen MR) is 36.6 cm³/mol. The fourth-order valence-corrected chi connectivity index (χ4v) is 0.884. The first-order valence-corrected chi connectivity index (χ1v) is 3.21. The first-order chi connectivity index (χ1) is 5.77. The first kappa shape index (κ1) is 7.08. The number of rotatable bonds is 1. The van der Waals surface area contributed by atoms with Crippen molar-refractivity contribution in [2.45, 2.75) is 6.43 Å². The van der Waals surface area contributed by atoms with Crippen molar-refractivity contribution >= 4 is 11.2 Å². The fraction of sp³-hybridized carbons (Fsp3) is 0.167. The van der Waals surface area contributed by atoms with E-state index in [4.69, 9.17) is 0 Å². The van der Waals surface area contributed by atoms with Crippen LogP contribution >= 0.6 is 0 Å². The number of fused-ring (bicyclic) bond motifs is 1. The summed E-state index contributed by atoms with van der Waals surface area (Å²) in [7, 11) is 0. The van der Waals surface area contributed by atoms with Gasteiger partial charge < -0.3 is 4.98 Å². The topological polar surface area (TPSA) is 54.5 Å². The van der Waals surface area contributed by atoms with Gasteiger partial charge in [-0.25, -0.2) is 23.7 Å². The molecule has 6 heteroatoms. The van der Waals surface area contributed by atoms with Crippen LogP contribution in [0.15, 0.2) is 12.5 Å². The van der Waals surface area contributed by atoms with Gasteiger partial charge in [-0.1, -0.05) is 0 Å². The van der Waals surface area contributed by atoms with Crippen LogP contribution in [0.4, 0.5) is 8.78 Å². The Morgan fingerprint density at radius 1 is 1.42 bits per heavy atom. The second kappa shape index (κ2) is 2.47. The quantitative estimate of drug-likeness (QED) is 0.701. The number of nitrogens with zero attached hydrogens (tertiary/aromatic N) is 3. The highest BCUT2D eigenvalue weighted by atomic mass is 19.3. The molecule has 0 amide bonds. The molecule has 12 heavy (non-hydrogen) atoms. The maximum Gasteiger partial charge on any atom is 0.295 e. The van der Waals surface area contributed by atoms with Gasteiger partial charge in [-0.15, -0.1) is 0 Å². The van der Waals surface area contributed by atoms with Crippen LogP contribution in [0.3, 0.4) is 0 Å². The third-order valence-electron chi connectivity index (χ3n) is 1.39. The summed E-state index contributed by atoms with van der Waals surface area (Å²) in [5, 5.41) is 0. The average molecular weight is 170 g/mol. The van der Waals surface area contributed by atoms with Gasteiger partial charge in [-0.05, 0) is 0 Å². The molecule has 0 radical (unpaired) electrons. The van der Waals surface area contributed by atoms with E-state index in [0.29, 0.717) is 5.52 Å². The Labute approximate surface area is 65.7 Å². The number of alkyl halides is 2. The van der Waals surface area contributed by atoms with Crippen molar-refractivity contribution in [2.75, 3.05) is 0 Å². The minimum absolute atomic E-state index is 0.264. The molecule has 0 fully saturated rings. The lowest BCUT2D eigenvalue weighted by molar-refractivity contribution is 0.142. The number of nitrogens with one attached hydrogen (secondary N) is 1. The highest BCUT2D eigenvalue weighted by Gasteiger charge is 2.12. The largest absolute Gasteiger partial charge is 0.335 e. The number of imidazole rings is 1. The summed E-state index contributed by atoms with van der Waals surface area (Å²) in [6, 6.07) is 0. The summed E-state index contributed by atoms with van der Waals surface area (Å²) in [4.78, 5) is 13.3. The molecular weight excluding hydrogens is 166 g/mol. The molecule has 62 valence electrons. The van der Waals surface area contributed by atoms with Crippen LogP contribution in [0.25, 0.3) is 11.2 Å². The van der Waals surface area contributed by atoms with Gasteiger partial charge >= 0.3 is 0 Å². The van der Waals surface area contributed by atoms with Crippen molar-refractivity contribution in [1.29, 1.82) is 0 Å². The van der Waals surface area contributed by atoms with Gasteiger partial charge in [0.2, 0.25) is 0 Å². The van der Waals surface area contributed by atoms with E-state index >= 15 is 0 Å². The maximum absolute atomic E-state index is 12.1. The van der Waals surface area contributed by atoms with Crippen LogP contribution < -0.4 is 0 Å². The smallest absolute Gasteiger partial charge is 0.295 e. The molecule has 4 nitrogen and oxygen atoms in total. The molecule has 0 aliphatic carbocycles. The second-order valence-corrected chi connectivity index (χ2v) is 2.18. The van der Waals surface area contributed by atoms with Crippen molar-refractivity contribution in [3.05, 3.63) is 18.3 Å². The molecule has 1 N–H and O–H groups in total. The molecule has 0 aliphatic rings. The first-order valence-electron chi connectivity index (χ1n) is 3.21. The zero-order valence-electron chi connectivity index (χ0n) is 5.83. The summed E-state index contributed by atoms with van der Waals surface area (Å²) < 4.78 is 24.1. The van der Waals surface area contributed by atoms with Crippen LogP contribution in [0.5, 0.6) is 0 Å². The van der Waals surface area contributed by atoms with E-state index < -0.39 is 6.43 Å². The molecule has 0 bridgehead atoms. The van der Waals surface area contributed by atoms with Crippen LogP contribution in [0, 0.1) is 0 Å². The molecular formula is C6H4F2N4. The normalized spacial score (nSPS) is 11.2. The van der Waals surface area contributed by atoms with Crippen LogP contribution in [-0.4, -0.2) is 19.9 Å². The lowest BCUT2D eigenvalue weighted by atomic mass is 10.6. The van der Waals surface area contributed by atoms with E-state index in [2.05, 4.69) is 19.9 Å². The van der Waals surface area contributed by atoms with E-state index in [0.717, 1.165) is 0 Å². The Balaban J connectivity index is 2.62. The number of hydrogen-bond donors (Lipinski definition) is 1. The monoisotopic (exact) mass is 170 g/mol. The van der Waals surface area contributed by atoms with Gasteiger partial charge in [0.25, 0.3) is 6.43 Å². The third-order valence-corrected chi connectivity index (χ3v) is 1.39. The Morgan fingerprint density at radius 3 is 2.92 bits per heavy atom. The zero-order valence-corrected chi connectivity index (χ0v) is 5.83. The molecule has 0 saturated carbocycles. The molecule has 0 aliphatic heterocycles. The Bertz CT molecular complexity index is 364. The van der Waals surface area contributed by atoms with Gasteiger partial charge in [0.05, 0.1) is 6.20 Å². The third kappa shape index (κ3) is 1.01. The lowest BCUT2D eigenvalue weighted by Crippen LogP contribution is -1.85. The zero-order chi connectivity index (χ0) is 8.55. The van der Waals surface area contributed by atoms with Crippen molar-refractivity contribution in [3.8, 4) is 0 Å². The van der Waals surface area contributed by atoms with E-state index in [1.807, 2.05) is 0 Å². The van der Waals surface area contributed by atoms with Gasteiger partial charge in [-0.2, -0.15) is 0 Å². The van der Waals surface area contributed by atoms with E-state index in [1.165, 1.54) is 12.5 Å². The van der Waals surface area contributed by atoms with Crippen molar-refractivity contribution in [3.63, 3.8) is 0 Å². The number of aromatic amines is 1. The molecule has 2 heterocycles. The number of aromatic nitrogens is 4. The standard InChI is InChI=1S/C6H4F2N4/c7-4(8)6-11-3-1-9-2-10-5(3)12-6/h1-2,4H,(H,9,10,11,12). The molecule has 2 aromatic heterocycles. The predicted octanol–water partition coefficient (Wildman–Crippen LogP) is 1.29. The van der Waals surface area contributed by atoms with Crippen LogP contribution in [-0.2, 0) is 0 Å². The average Bonchev–Trinajstić information content (AvgIpc) is 2.46. The highest BCUT2D eigenvalue weighted by molar-refractivity contribution is 5.68. The van der Waals surface area contributed by atoms with Gasteiger partial charge in [0.1, 0.15) is 11.8 Å². The van der Waals surface area contributed by atoms with Gasteiger partial charge in [0, 0.05) is 0 Å². The van der Waals surface area contributed by atoms with Crippen molar-refractivity contribution in [1.82, 2.24) is 19.9 Å². The highest BCUT2D eigenvalue weighted by Crippen LogP contribution is 2.17. The number of halogens is 2. The summed E-state index contributed by atoms with van der Waals surface area (Å²) in [5.74, 6) is -0.370. The molecule has 2 aromatic rings. The summed E-state index contributed by atoms with van der Waals surface area (Å²) in [6.07, 6.45) is 0.0683. The van der Waals surface area contributed by atoms with E-state index in [-0.39, 0.29) is 11.5 Å². The van der Waals surface area contributed by atoms with Crippen LogP contribution in [0.2, 0.25) is 0 Å². The molecule has 0 atom stereocenters. The minimum Gasteiger partial charge on any atom is -0.335 e. The van der Waals surface area contributed by atoms with E-state index in [1.54, 1.807) is 0 Å². The summed E-state index contributed by atoms with van der Waals surface area (Å²) in [6.45, 7) is 0. The SMILES string of the molecule is FC(F)c1nc2ncncc2[nH]1. The molecule has 0 aromatic carbocycles. The van der Waals surface area contributed by atoms with Gasteiger partial charge in [-0.3, -0.25) is 0 Å². The summed E-state index contributed by atoms with van der Waals surface area (Å²) in [5.41, 5.74) is 0.688. The number of H-pyrrole nitrogens is 1. The second-order valence-electron chi connectivity index (χ2n) is 2.18. The lowest BCUT2D eigenvalue weighted by Gasteiger charge is -1.87. The molecule has 0 unspecified atom stereocenters. The van der Waals surface area contributed by atoms with Crippen molar-refractivity contribution in [2.24, 2.45) is 0 Å². The minimum atomic E-state index is -2.60. The Hall–Kier alpha value is -1.59.